The van der Waals surface area contributed by atoms with E-state index in [1.807, 2.05) is 0 Å². The second kappa shape index (κ2) is 29.4. The van der Waals surface area contributed by atoms with E-state index in [2.05, 4.69) is 0 Å². The predicted molar refractivity (Wildman–Crippen MR) is 200 cm³/mol. The molecule has 0 saturated heterocycles. The molecule has 0 amide bonds. The van der Waals surface area contributed by atoms with E-state index in [1.54, 1.807) is 41.5 Å². The molecular formula is C42H45Na3O15. The second-order valence-corrected chi connectivity index (χ2v) is 13.4. The van der Waals surface area contributed by atoms with Gasteiger partial charge in [0.15, 0.2) is 0 Å². The molecule has 0 fully saturated rings. The summed E-state index contributed by atoms with van der Waals surface area (Å²) in [6.45, 7) is 9.79. The number of carbonyl (C=O) groups is 6. The number of benzene rings is 3. The molecule has 0 spiro atoms. The van der Waals surface area contributed by atoms with Gasteiger partial charge in [-0.1, -0.05) is 114 Å². The van der Waals surface area contributed by atoms with Crippen LogP contribution < -0.4 is 104 Å². The van der Waals surface area contributed by atoms with E-state index < -0.39 is 53.6 Å². The Bertz CT molecular complexity index is 1780. The van der Waals surface area contributed by atoms with Gasteiger partial charge in [-0.05, 0) is 34.4 Å². The molecule has 0 aliphatic heterocycles. The molecule has 0 bridgehead atoms. The second-order valence-electron chi connectivity index (χ2n) is 13.4. The van der Waals surface area contributed by atoms with Crippen LogP contribution in [0, 0.1) is 17.8 Å². The topological polar surface area (TPSA) is 293 Å². The molecule has 3 rings (SSSR count). The molecule has 6 N–H and O–H groups in total. The molecule has 0 atom stereocenters. The minimum absolute atomic E-state index is 0. The van der Waals surface area contributed by atoms with Crippen LogP contribution in [0.15, 0.2) is 106 Å². The first-order valence-corrected chi connectivity index (χ1v) is 17.3. The average Bonchev–Trinajstić information content (AvgIpc) is 3.09. The van der Waals surface area contributed by atoms with Crippen LogP contribution in [0.5, 0.6) is 17.2 Å². The summed E-state index contributed by atoms with van der Waals surface area (Å²) in [5.41, 5.74) is 0.990. The van der Waals surface area contributed by atoms with Crippen LogP contribution in [0.4, 0.5) is 0 Å². The quantitative estimate of drug-likeness (QED) is 0.0619. The molecule has 60 heavy (non-hydrogen) atoms. The van der Waals surface area contributed by atoms with Gasteiger partial charge in [0, 0.05) is 19.3 Å². The van der Waals surface area contributed by atoms with Crippen molar-refractivity contribution in [3.63, 3.8) is 0 Å². The van der Waals surface area contributed by atoms with Gasteiger partial charge < -0.3 is 46.0 Å². The number of aliphatic carboxylic acids is 6. The van der Waals surface area contributed by atoms with Gasteiger partial charge in [-0.25, -0.2) is 28.8 Å². The third-order valence-corrected chi connectivity index (χ3v) is 8.09. The molecular weight excluding hydrogens is 813 g/mol. The van der Waals surface area contributed by atoms with Crippen LogP contribution >= 0.6 is 0 Å². The first-order chi connectivity index (χ1) is 26.5. The Balaban J connectivity index is -0.000000792. The Kier molecular flexibility index (Phi) is 29.6. The number of rotatable bonds is 15. The van der Waals surface area contributed by atoms with Crippen LogP contribution in [-0.2, 0) is 48.0 Å². The molecule has 306 valence electrons. The normalized spacial score (nSPS) is 11.6. The maximum atomic E-state index is 11.2. The summed E-state index contributed by atoms with van der Waals surface area (Å²) in [7, 11) is 0. The SMILES string of the molecule is CC(C)/C(C(=O)O)=C(\Cc1ccc([O-])cc1)C(=O)O.CC(C)/C(C(=O)O)=C(\Cc1ccc([O-])cc1)C(=O)O.CC(C)/C(C(=O)O)=C(\Cc1ccc([O-])cc1)C(=O)O.[Na+].[Na+].[Na+]. The van der Waals surface area contributed by atoms with Crippen molar-refractivity contribution in [1.29, 1.82) is 0 Å². The zero-order valence-electron chi connectivity index (χ0n) is 35.1. The average molecular weight is 859 g/mol. The molecule has 0 saturated carbocycles. The summed E-state index contributed by atoms with van der Waals surface area (Å²) in [5, 5.41) is 87.8. The summed E-state index contributed by atoms with van der Waals surface area (Å²) >= 11 is 0. The van der Waals surface area contributed by atoms with Crippen molar-refractivity contribution < 1.29 is 163 Å². The molecule has 0 aromatic heterocycles. The van der Waals surface area contributed by atoms with Gasteiger partial charge in [0.25, 0.3) is 0 Å². The predicted octanol–water partition coefficient (Wildman–Crippen LogP) is -4.71. The van der Waals surface area contributed by atoms with Crippen molar-refractivity contribution >= 4 is 35.8 Å². The summed E-state index contributed by atoms with van der Waals surface area (Å²) in [6, 6.07) is 17.0. The van der Waals surface area contributed by atoms with Gasteiger partial charge in [-0.3, -0.25) is 0 Å². The van der Waals surface area contributed by atoms with Crippen molar-refractivity contribution in [3.8, 4) is 17.2 Å². The van der Waals surface area contributed by atoms with E-state index in [9.17, 15) is 59.4 Å². The number of hydrogen-bond acceptors (Lipinski definition) is 9. The van der Waals surface area contributed by atoms with Gasteiger partial charge in [-0.2, -0.15) is 0 Å². The van der Waals surface area contributed by atoms with E-state index >= 15 is 0 Å². The Morgan fingerprint density at radius 3 is 0.650 bits per heavy atom. The molecule has 0 unspecified atom stereocenters. The molecule has 18 heteroatoms. The van der Waals surface area contributed by atoms with Crippen LogP contribution in [0.3, 0.4) is 0 Å². The summed E-state index contributed by atoms with van der Waals surface area (Å²) < 4.78 is 0. The molecule has 0 aliphatic carbocycles. The fraction of sp³-hybridized carbons (Fsp3) is 0.286. The minimum atomic E-state index is -1.25. The third kappa shape index (κ3) is 20.6. The summed E-state index contributed by atoms with van der Waals surface area (Å²) in [4.78, 5) is 67.2. The standard InChI is InChI=1S/3C14H16O5.3Na/c3*1-8(2)12(14(18)19)11(13(16)17)7-9-3-5-10(15)6-4-9;;;/h3*3-6,8,15H,7H2,1-2H3,(H,16,17)(H,18,19);;;/q;;;3*+1/p-3/b3*12-11-;;;. The smallest absolute Gasteiger partial charge is 0.872 e. The first kappa shape index (κ1) is 60.4. The number of carboxylic acid groups (broad SMARTS) is 6. The van der Waals surface area contributed by atoms with Crippen molar-refractivity contribution in [1.82, 2.24) is 0 Å². The van der Waals surface area contributed by atoms with Crippen LogP contribution in [0.1, 0.15) is 58.2 Å². The van der Waals surface area contributed by atoms with E-state index in [0.29, 0.717) is 16.7 Å². The number of carboxylic acids is 6. The maximum absolute atomic E-state index is 11.2. The Morgan fingerprint density at radius 2 is 0.533 bits per heavy atom. The Labute approximate surface area is 414 Å². The van der Waals surface area contributed by atoms with E-state index in [4.69, 9.17) is 15.3 Å². The number of hydrogen-bond donors (Lipinski definition) is 6. The van der Waals surface area contributed by atoms with Crippen molar-refractivity contribution in [2.75, 3.05) is 0 Å². The van der Waals surface area contributed by atoms with Gasteiger partial charge in [0.05, 0.1) is 33.4 Å². The Hall–Kier alpha value is -3.90. The Morgan fingerprint density at radius 1 is 0.367 bits per heavy atom. The monoisotopic (exact) mass is 858 g/mol. The summed E-state index contributed by atoms with van der Waals surface area (Å²) in [5.74, 6) is -9.17. The van der Waals surface area contributed by atoms with Gasteiger partial charge in [0.2, 0.25) is 0 Å². The van der Waals surface area contributed by atoms with E-state index in [-0.39, 0.29) is 159 Å². The first-order valence-electron chi connectivity index (χ1n) is 17.3. The maximum Gasteiger partial charge on any atom is 1.00 e. The van der Waals surface area contributed by atoms with Gasteiger partial charge in [0.1, 0.15) is 0 Å². The van der Waals surface area contributed by atoms with Crippen LogP contribution in [-0.4, -0.2) is 66.5 Å². The fourth-order valence-electron chi connectivity index (χ4n) is 5.47. The molecule has 15 nitrogen and oxygen atoms in total. The van der Waals surface area contributed by atoms with Crippen LogP contribution in [0.25, 0.3) is 0 Å². The minimum Gasteiger partial charge on any atom is -0.872 e. The zero-order valence-corrected chi connectivity index (χ0v) is 41.1. The summed E-state index contributed by atoms with van der Waals surface area (Å²) in [6.07, 6.45) is -0.0553. The largest absolute Gasteiger partial charge is 1.00 e. The van der Waals surface area contributed by atoms with E-state index in [1.165, 1.54) is 72.8 Å². The molecule has 0 radical (unpaired) electrons. The van der Waals surface area contributed by atoms with Crippen molar-refractivity contribution in [3.05, 3.63) is 123 Å². The zero-order chi connectivity index (χ0) is 43.7. The van der Waals surface area contributed by atoms with Crippen LogP contribution in [0.2, 0.25) is 0 Å². The molecule has 0 heterocycles. The van der Waals surface area contributed by atoms with Crippen molar-refractivity contribution in [2.24, 2.45) is 17.8 Å². The molecule has 3 aromatic carbocycles. The third-order valence-electron chi connectivity index (χ3n) is 8.09. The fourth-order valence-corrected chi connectivity index (χ4v) is 5.47. The molecule has 3 aromatic rings. The van der Waals surface area contributed by atoms with E-state index in [0.717, 1.165) is 0 Å². The van der Waals surface area contributed by atoms with Gasteiger partial charge >= 0.3 is 124 Å². The van der Waals surface area contributed by atoms with Gasteiger partial charge in [-0.15, -0.1) is 17.2 Å². The molecule has 0 aliphatic rings. The van der Waals surface area contributed by atoms with Crippen molar-refractivity contribution in [2.45, 2.75) is 60.8 Å².